The lowest BCUT2D eigenvalue weighted by molar-refractivity contribution is 0.115. The lowest BCUT2D eigenvalue weighted by atomic mass is 9.74. The molecule has 1 aliphatic carbocycles. The minimum Gasteiger partial charge on any atom is -0.356 e. The summed E-state index contributed by atoms with van der Waals surface area (Å²) in [5.41, 5.74) is 1.83. The summed E-state index contributed by atoms with van der Waals surface area (Å²) in [5.74, 6) is 1.09. The fourth-order valence-corrected chi connectivity index (χ4v) is 4.53. The molecule has 0 atom stereocenters. The van der Waals surface area contributed by atoms with E-state index < -0.39 is 0 Å². The van der Waals surface area contributed by atoms with Crippen molar-refractivity contribution in [1.29, 1.82) is 0 Å². The lowest BCUT2D eigenvalue weighted by Crippen LogP contribution is -2.50. The Hall–Kier alpha value is -1.52. The number of nitrogens with zero attached hydrogens (tertiary/aromatic N) is 4. The second kappa shape index (κ2) is 8.04. The number of aromatic nitrogens is 2. The summed E-state index contributed by atoms with van der Waals surface area (Å²) in [6.07, 6.45) is 16.3. The van der Waals surface area contributed by atoms with Gasteiger partial charge in [0.05, 0.1) is 6.20 Å². The molecule has 1 aromatic rings. The molecule has 2 aliphatic rings. The van der Waals surface area contributed by atoms with Crippen LogP contribution in [0.5, 0.6) is 0 Å². The Morgan fingerprint density at radius 2 is 1.96 bits per heavy atom. The fraction of sp³-hybridized carbons (Fsp3) is 0.789. The van der Waals surface area contributed by atoms with Crippen molar-refractivity contribution in [2.24, 2.45) is 17.5 Å². The van der Waals surface area contributed by atoms with Gasteiger partial charge in [-0.3, -0.25) is 9.67 Å². The summed E-state index contributed by atoms with van der Waals surface area (Å²) < 4.78 is 1.87. The van der Waals surface area contributed by atoms with Gasteiger partial charge in [0.15, 0.2) is 5.96 Å². The first-order valence-electron chi connectivity index (χ1n) is 9.64. The summed E-state index contributed by atoms with van der Waals surface area (Å²) in [7, 11) is 3.89. The molecular formula is C19H33N5. The molecule has 0 aromatic carbocycles. The van der Waals surface area contributed by atoms with E-state index in [4.69, 9.17) is 0 Å². The van der Waals surface area contributed by atoms with Gasteiger partial charge >= 0.3 is 0 Å². The molecule has 1 aliphatic heterocycles. The highest BCUT2D eigenvalue weighted by Crippen LogP contribution is 2.42. The van der Waals surface area contributed by atoms with Crippen molar-refractivity contribution in [3.8, 4) is 0 Å². The number of piperidine rings is 1. The Bertz CT molecular complexity index is 540. The molecule has 134 valence electrons. The van der Waals surface area contributed by atoms with Gasteiger partial charge in [-0.2, -0.15) is 5.10 Å². The van der Waals surface area contributed by atoms with Crippen LogP contribution in [0.1, 0.15) is 56.9 Å². The van der Waals surface area contributed by atoms with Gasteiger partial charge in [-0.1, -0.05) is 25.7 Å². The molecular weight excluding hydrogens is 298 g/mol. The summed E-state index contributed by atoms with van der Waals surface area (Å²) in [4.78, 5) is 7.07. The number of aliphatic imine (C=N–C) groups is 1. The second-order valence-electron chi connectivity index (χ2n) is 7.69. The van der Waals surface area contributed by atoms with Gasteiger partial charge in [0.2, 0.25) is 0 Å². The van der Waals surface area contributed by atoms with Gasteiger partial charge in [0.25, 0.3) is 0 Å². The van der Waals surface area contributed by atoms with E-state index in [0.29, 0.717) is 5.41 Å². The first-order chi connectivity index (χ1) is 11.7. The van der Waals surface area contributed by atoms with Crippen LogP contribution < -0.4 is 5.32 Å². The van der Waals surface area contributed by atoms with Crippen LogP contribution in [-0.2, 0) is 13.5 Å². The Morgan fingerprint density at radius 1 is 1.21 bits per heavy atom. The van der Waals surface area contributed by atoms with Crippen molar-refractivity contribution in [1.82, 2.24) is 20.0 Å². The summed E-state index contributed by atoms with van der Waals surface area (Å²) in [5, 5.41) is 7.81. The monoisotopic (exact) mass is 331 g/mol. The van der Waals surface area contributed by atoms with Crippen LogP contribution in [0.25, 0.3) is 0 Å². The van der Waals surface area contributed by atoms with Crippen molar-refractivity contribution in [3.05, 3.63) is 18.0 Å². The third-order valence-corrected chi connectivity index (χ3v) is 5.79. The predicted octanol–water partition coefficient (Wildman–Crippen LogP) is 2.97. The zero-order valence-electron chi connectivity index (χ0n) is 15.4. The molecule has 0 amide bonds. The molecule has 0 unspecified atom stereocenters. The molecule has 1 spiro atoms. The Labute approximate surface area is 146 Å². The van der Waals surface area contributed by atoms with E-state index in [-0.39, 0.29) is 0 Å². The van der Waals surface area contributed by atoms with E-state index in [2.05, 4.69) is 26.5 Å². The molecule has 2 fully saturated rings. The van der Waals surface area contributed by atoms with E-state index in [1.807, 2.05) is 25.0 Å². The van der Waals surface area contributed by atoms with Crippen LogP contribution in [-0.4, -0.2) is 47.3 Å². The highest BCUT2D eigenvalue weighted by Gasteiger charge is 2.36. The van der Waals surface area contributed by atoms with Gasteiger partial charge in [-0.05, 0) is 43.1 Å². The molecule has 1 saturated heterocycles. The lowest BCUT2D eigenvalue weighted by Gasteiger charge is -2.44. The standard InChI is InChI=1S/C19H33N5/c1-20-18(21-12-8-17-14-22-23(2)15-17)24-13-7-11-19(16-24)9-5-3-4-6-10-19/h14-15H,3-13,16H2,1-2H3,(H,20,21). The fourth-order valence-electron chi connectivity index (χ4n) is 4.53. The van der Waals surface area contributed by atoms with E-state index in [0.717, 1.165) is 25.5 Å². The SMILES string of the molecule is CN=C(NCCc1cnn(C)c1)N1CCCC2(CCCCCC2)C1. The largest absolute Gasteiger partial charge is 0.356 e. The zero-order chi connectivity index (χ0) is 16.8. The maximum atomic E-state index is 4.56. The molecule has 0 bridgehead atoms. The molecule has 1 N–H and O–H groups in total. The molecule has 0 radical (unpaired) electrons. The Morgan fingerprint density at radius 3 is 2.62 bits per heavy atom. The minimum atomic E-state index is 0.551. The van der Waals surface area contributed by atoms with Gasteiger partial charge in [0, 0.05) is 39.9 Å². The van der Waals surface area contributed by atoms with Crippen LogP contribution in [0.3, 0.4) is 0 Å². The number of hydrogen-bond donors (Lipinski definition) is 1. The Kier molecular flexibility index (Phi) is 5.80. The van der Waals surface area contributed by atoms with E-state index in [1.165, 1.54) is 63.5 Å². The van der Waals surface area contributed by atoms with Crippen LogP contribution in [0.15, 0.2) is 17.4 Å². The normalized spacial score (nSPS) is 21.8. The molecule has 3 rings (SSSR count). The van der Waals surface area contributed by atoms with Crippen molar-refractivity contribution in [3.63, 3.8) is 0 Å². The number of likely N-dealkylation sites (tertiary alicyclic amines) is 1. The van der Waals surface area contributed by atoms with Crippen molar-refractivity contribution in [2.75, 3.05) is 26.7 Å². The molecule has 5 heteroatoms. The number of nitrogens with one attached hydrogen (secondary N) is 1. The second-order valence-corrected chi connectivity index (χ2v) is 7.69. The third-order valence-electron chi connectivity index (χ3n) is 5.79. The van der Waals surface area contributed by atoms with Crippen molar-refractivity contribution in [2.45, 2.75) is 57.8 Å². The van der Waals surface area contributed by atoms with E-state index >= 15 is 0 Å². The zero-order valence-corrected chi connectivity index (χ0v) is 15.4. The van der Waals surface area contributed by atoms with Crippen LogP contribution in [0.2, 0.25) is 0 Å². The van der Waals surface area contributed by atoms with Gasteiger partial charge in [0.1, 0.15) is 0 Å². The summed E-state index contributed by atoms with van der Waals surface area (Å²) >= 11 is 0. The minimum absolute atomic E-state index is 0.551. The maximum absolute atomic E-state index is 4.56. The maximum Gasteiger partial charge on any atom is 0.193 e. The smallest absolute Gasteiger partial charge is 0.193 e. The first-order valence-corrected chi connectivity index (χ1v) is 9.64. The number of hydrogen-bond acceptors (Lipinski definition) is 2. The average molecular weight is 332 g/mol. The van der Waals surface area contributed by atoms with Crippen LogP contribution in [0.4, 0.5) is 0 Å². The van der Waals surface area contributed by atoms with Crippen LogP contribution >= 0.6 is 0 Å². The Balaban J connectivity index is 1.54. The quantitative estimate of drug-likeness (QED) is 0.684. The van der Waals surface area contributed by atoms with Crippen molar-refractivity contribution < 1.29 is 0 Å². The van der Waals surface area contributed by atoms with Gasteiger partial charge in [-0.15, -0.1) is 0 Å². The van der Waals surface area contributed by atoms with Crippen molar-refractivity contribution >= 4 is 5.96 Å². The summed E-state index contributed by atoms with van der Waals surface area (Å²) in [6.45, 7) is 3.26. The first kappa shape index (κ1) is 17.3. The van der Waals surface area contributed by atoms with Gasteiger partial charge in [-0.25, -0.2) is 0 Å². The van der Waals surface area contributed by atoms with Gasteiger partial charge < -0.3 is 10.2 Å². The molecule has 2 heterocycles. The topological polar surface area (TPSA) is 45.5 Å². The number of aryl methyl sites for hydroxylation is 1. The predicted molar refractivity (Wildman–Crippen MR) is 99.2 cm³/mol. The highest BCUT2D eigenvalue weighted by molar-refractivity contribution is 5.80. The molecule has 1 aromatic heterocycles. The number of rotatable bonds is 3. The summed E-state index contributed by atoms with van der Waals surface area (Å²) in [6, 6.07) is 0. The average Bonchev–Trinajstić information content (AvgIpc) is 2.87. The molecule has 24 heavy (non-hydrogen) atoms. The van der Waals surface area contributed by atoms with E-state index in [9.17, 15) is 0 Å². The third kappa shape index (κ3) is 4.31. The molecule has 5 nitrogen and oxygen atoms in total. The van der Waals surface area contributed by atoms with E-state index in [1.54, 1.807) is 0 Å². The van der Waals surface area contributed by atoms with Crippen LogP contribution in [0, 0.1) is 5.41 Å². The number of guanidine groups is 1. The molecule has 1 saturated carbocycles. The highest BCUT2D eigenvalue weighted by atomic mass is 15.3.